The monoisotopic (exact) mass is 406 g/mol. The molecule has 0 spiro atoms. The van der Waals surface area contributed by atoms with Crippen molar-refractivity contribution >= 4 is 23.3 Å². The summed E-state index contributed by atoms with van der Waals surface area (Å²) in [6, 6.07) is 16.8. The molecule has 0 radical (unpaired) electrons. The van der Waals surface area contributed by atoms with Gasteiger partial charge in [0.1, 0.15) is 0 Å². The summed E-state index contributed by atoms with van der Waals surface area (Å²) in [5.74, 6) is 0. The molecule has 148 valence electrons. The molecule has 0 bridgehead atoms. The van der Waals surface area contributed by atoms with Crippen molar-refractivity contribution < 1.29 is 16.5 Å². The first-order valence-electron chi connectivity index (χ1n) is 10.0. The summed E-state index contributed by atoms with van der Waals surface area (Å²) in [5, 5.41) is 0. The minimum atomic E-state index is 0. The van der Waals surface area contributed by atoms with Gasteiger partial charge in [0.05, 0.1) is 17.1 Å². The summed E-state index contributed by atoms with van der Waals surface area (Å²) >= 11 is 0. The van der Waals surface area contributed by atoms with Gasteiger partial charge in [-0.2, -0.15) is 0 Å². The van der Waals surface area contributed by atoms with Crippen molar-refractivity contribution in [3.63, 3.8) is 0 Å². The van der Waals surface area contributed by atoms with Crippen molar-refractivity contribution in [2.24, 2.45) is 9.98 Å². The summed E-state index contributed by atoms with van der Waals surface area (Å²) < 4.78 is 0. The molecule has 27 heavy (non-hydrogen) atoms. The van der Waals surface area contributed by atoms with Crippen LogP contribution < -0.4 is 0 Å². The van der Waals surface area contributed by atoms with E-state index in [1.165, 1.54) is 24.0 Å². The van der Waals surface area contributed by atoms with E-state index in [-0.39, 0.29) is 16.5 Å². The van der Waals surface area contributed by atoms with E-state index >= 15 is 0 Å². The Labute approximate surface area is 175 Å². The normalized spacial score (nSPS) is 11.6. The van der Waals surface area contributed by atoms with Gasteiger partial charge in [0.15, 0.2) is 0 Å². The Bertz CT molecular complexity index is 720. The van der Waals surface area contributed by atoms with Gasteiger partial charge in [0, 0.05) is 22.7 Å². The number of aliphatic imine (C=N–C) groups is 2. The average Bonchev–Trinajstić information content (AvgIpc) is 2.67. The van der Waals surface area contributed by atoms with E-state index in [0.717, 1.165) is 49.2 Å². The average molecular weight is 407 g/mol. The first kappa shape index (κ1) is 23.3. The first-order valence-corrected chi connectivity index (χ1v) is 10.0. The zero-order valence-electron chi connectivity index (χ0n) is 16.9. The Hall–Kier alpha value is -1.73. The molecule has 0 N–H and O–H groups in total. The molecule has 0 aliphatic carbocycles. The Morgan fingerprint density at radius 2 is 1.52 bits per heavy atom. The van der Waals surface area contributed by atoms with E-state index in [2.05, 4.69) is 39.0 Å². The second-order valence-electron chi connectivity index (χ2n) is 6.75. The van der Waals surface area contributed by atoms with Crippen LogP contribution in [0.1, 0.15) is 64.0 Å². The second-order valence-corrected chi connectivity index (χ2v) is 6.75. The standard InChI is InChI=1S/C24H32N2.Ni/c1-4-7-13-24(26-22-14-9-8-10-15-22)19-25-23-17-16-20(11-5-2)21(18-23)12-6-3;/h8-10,14-19H,4-7,11-13H2,1-3H3;. The van der Waals surface area contributed by atoms with Crippen molar-refractivity contribution in [3.8, 4) is 0 Å². The largest absolute Gasteiger partial charge is 0.255 e. The molecule has 2 aromatic carbocycles. The summed E-state index contributed by atoms with van der Waals surface area (Å²) in [6.07, 6.45) is 9.83. The Balaban J connectivity index is 0.00000364. The van der Waals surface area contributed by atoms with Crippen LogP contribution in [0.15, 0.2) is 58.5 Å². The van der Waals surface area contributed by atoms with Crippen molar-refractivity contribution in [1.29, 1.82) is 0 Å². The van der Waals surface area contributed by atoms with E-state index in [1.807, 2.05) is 36.5 Å². The number of benzene rings is 2. The molecular weight excluding hydrogens is 375 g/mol. The van der Waals surface area contributed by atoms with Crippen LogP contribution >= 0.6 is 0 Å². The SMILES string of the molecule is CCCCC(C=Nc1ccc(CCC)c(CCC)c1)=Nc1ccccc1.[Ni]. The molecule has 2 nitrogen and oxygen atoms in total. The Kier molecular flexibility index (Phi) is 11.6. The Morgan fingerprint density at radius 3 is 2.19 bits per heavy atom. The summed E-state index contributed by atoms with van der Waals surface area (Å²) in [7, 11) is 0. The number of unbranched alkanes of at least 4 members (excludes halogenated alkanes) is 1. The molecular formula is C24H32N2Ni. The fraction of sp³-hybridized carbons (Fsp3) is 0.417. The molecule has 0 unspecified atom stereocenters. The first-order chi connectivity index (χ1) is 12.8. The van der Waals surface area contributed by atoms with Gasteiger partial charge >= 0.3 is 0 Å². The minimum absolute atomic E-state index is 0. The van der Waals surface area contributed by atoms with E-state index in [4.69, 9.17) is 9.98 Å². The van der Waals surface area contributed by atoms with Crippen LogP contribution in [-0.2, 0) is 29.3 Å². The number of aryl methyl sites for hydroxylation is 2. The van der Waals surface area contributed by atoms with Crippen LogP contribution in [0.25, 0.3) is 0 Å². The quantitative estimate of drug-likeness (QED) is 0.293. The van der Waals surface area contributed by atoms with Crippen LogP contribution in [0.4, 0.5) is 11.4 Å². The van der Waals surface area contributed by atoms with E-state index in [9.17, 15) is 0 Å². The van der Waals surface area contributed by atoms with Crippen LogP contribution in [0.3, 0.4) is 0 Å². The van der Waals surface area contributed by atoms with Gasteiger partial charge in [-0.1, -0.05) is 64.3 Å². The third-order valence-corrected chi connectivity index (χ3v) is 4.41. The molecule has 0 atom stereocenters. The molecule has 2 rings (SSSR count). The van der Waals surface area contributed by atoms with E-state index < -0.39 is 0 Å². The van der Waals surface area contributed by atoms with Crippen molar-refractivity contribution in [2.45, 2.75) is 65.7 Å². The third-order valence-electron chi connectivity index (χ3n) is 4.41. The molecule has 0 saturated carbocycles. The van der Waals surface area contributed by atoms with Crippen molar-refractivity contribution in [1.82, 2.24) is 0 Å². The molecule has 0 aromatic heterocycles. The Morgan fingerprint density at radius 1 is 0.815 bits per heavy atom. The topological polar surface area (TPSA) is 24.7 Å². The molecule has 2 aromatic rings. The summed E-state index contributed by atoms with van der Waals surface area (Å²) in [4.78, 5) is 9.53. The number of nitrogens with zero attached hydrogens (tertiary/aromatic N) is 2. The van der Waals surface area contributed by atoms with Gasteiger partial charge in [-0.3, -0.25) is 9.98 Å². The fourth-order valence-electron chi connectivity index (χ4n) is 3.03. The van der Waals surface area contributed by atoms with Gasteiger partial charge < -0.3 is 0 Å². The smallest absolute Gasteiger partial charge is 0.0633 e. The van der Waals surface area contributed by atoms with Gasteiger partial charge in [-0.25, -0.2) is 0 Å². The number of para-hydroxylation sites is 1. The van der Waals surface area contributed by atoms with Gasteiger partial charge in [-0.05, 0) is 61.1 Å². The van der Waals surface area contributed by atoms with Crippen molar-refractivity contribution in [2.75, 3.05) is 0 Å². The maximum Gasteiger partial charge on any atom is 0.0633 e. The predicted octanol–water partition coefficient (Wildman–Crippen LogP) is 7.25. The van der Waals surface area contributed by atoms with Crippen LogP contribution in [0.5, 0.6) is 0 Å². The van der Waals surface area contributed by atoms with Gasteiger partial charge in [0.25, 0.3) is 0 Å². The second kappa shape index (κ2) is 13.4. The molecule has 0 aliphatic heterocycles. The van der Waals surface area contributed by atoms with Gasteiger partial charge in [-0.15, -0.1) is 0 Å². The molecule has 0 amide bonds. The van der Waals surface area contributed by atoms with Crippen LogP contribution in [0, 0.1) is 0 Å². The van der Waals surface area contributed by atoms with Crippen molar-refractivity contribution in [3.05, 3.63) is 59.7 Å². The third kappa shape index (κ3) is 8.22. The summed E-state index contributed by atoms with van der Waals surface area (Å²) in [5.41, 5.74) is 5.99. The molecule has 0 aliphatic rings. The molecule has 0 fully saturated rings. The maximum atomic E-state index is 4.78. The zero-order chi connectivity index (χ0) is 18.6. The molecule has 3 heteroatoms. The molecule has 0 saturated heterocycles. The maximum absolute atomic E-state index is 4.78. The fourth-order valence-corrected chi connectivity index (χ4v) is 3.03. The predicted molar refractivity (Wildman–Crippen MR) is 116 cm³/mol. The number of hydrogen-bond acceptors (Lipinski definition) is 2. The van der Waals surface area contributed by atoms with E-state index in [1.54, 1.807) is 0 Å². The minimum Gasteiger partial charge on any atom is -0.255 e. The van der Waals surface area contributed by atoms with Gasteiger partial charge in [0.2, 0.25) is 0 Å². The van der Waals surface area contributed by atoms with Crippen LogP contribution in [0.2, 0.25) is 0 Å². The molecule has 0 heterocycles. The van der Waals surface area contributed by atoms with Crippen LogP contribution in [-0.4, -0.2) is 11.9 Å². The zero-order valence-corrected chi connectivity index (χ0v) is 17.8. The van der Waals surface area contributed by atoms with E-state index in [0.29, 0.717) is 0 Å². The number of rotatable bonds is 10. The summed E-state index contributed by atoms with van der Waals surface area (Å²) in [6.45, 7) is 6.68. The number of hydrogen-bond donors (Lipinski definition) is 0.